The number of methoxy groups -OCH3 is 1. The van der Waals surface area contributed by atoms with Crippen LogP contribution in [0.25, 0.3) is 0 Å². The molecule has 4 aliphatic rings. The van der Waals surface area contributed by atoms with Gasteiger partial charge in [0.15, 0.2) is 17.3 Å². The Kier molecular flexibility index (Phi) is 3.02. The van der Waals surface area contributed by atoms with E-state index in [0.29, 0.717) is 47.9 Å². The first-order valence-electron chi connectivity index (χ1n) is 8.41. The van der Waals surface area contributed by atoms with E-state index in [0.717, 1.165) is 0 Å². The predicted molar refractivity (Wildman–Crippen MR) is 85.3 cm³/mol. The maximum absolute atomic E-state index is 12.9. The highest BCUT2D eigenvalue weighted by Crippen LogP contribution is 2.54. The van der Waals surface area contributed by atoms with Crippen molar-refractivity contribution in [1.82, 2.24) is 4.90 Å². The Morgan fingerprint density at radius 2 is 1.96 bits per heavy atom. The molecule has 1 saturated heterocycles. The quantitative estimate of drug-likeness (QED) is 0.765. The Bertz CT molecular complexity index is 805. The molecule has 7 nitrogen and oxygen atoms in total. The van der Waals surface area contributed by atoms with Crippen LogP contribution in [0.15, 0.2) is 24.0 Å². The van der Waals surface area contributed by atoms with Gasteiger partial charge in [0.25, 0.3) is 0 Å². The lowest BCUT2D eigenvalue weighted by atomic mass is 9.77. The zero-order chi connectivity index (χ0) is 17.3. The molecule has 1 aromatic carbocycles. The minimum Gasteiger partial charge on any atom is -0.499 e. The van der Waals surface area contributed by atoms with Gasteiger partial charge < -0.3 is 24.4 Å². The number of ether oxygens (including phenoxy) is 3. The van der Waals surface area contributed by atoms with Crippen molar-refractivity contribution in [3.05, 3.63) is 35.1 Å². The van der Waals surface area contributed by atoms with Crippen molar-refractivity contribution in [2.75, 3.05) is 27.0 Å². The zero-order valence-corrected chi connectivity index (χ0v) is 13.8. The van der Waals surface area contributed by atoms with Crippen molar-refractivity contribution in [3.63, 3.8) is 0 Å². The molecule has 25 heavy (non-hydrogen) atoms. The van der Waals surface area contributed by atoms with E-state index in [1.807, 2.05) is 4.90 Å². The van der Waals surface area contributed by atoms with Gasteiger partial charge >= 0.3 is 0 Å². The largest absolute Gasteiger partial charge is 0.499 e. The molecule has 1 aliphatic carbocycles. The zero-order valence-electron chi connectivity index (χ0n) is 13.8. The fourth-order valence-electron chi connectivity index (χ4n) is 4.80. The highest BCUT2D eigenvalue weighted by Gasteiger charge is 2.61. The molecule has 5 rings (SSSR count). The van der Waals surface area contributed by atoms with E-state index < -0.39 is 23.7 Å². The molecule has 1 unspecified atom stereocenters. The minimum absolute atomic E-state index is 0.0429. The van der Waals surface area contributed by atoms with Crippen LogP contribution in [0, 0.1) is 0 Å². The number of benzene rings is 1. The molecule has 2 N–H and O–H groups in total. The molecule has 0 amide bonds. The first-order valence-corrected chi connectivity index (χ1v) is 8.41. The van der Waals surface area contributed by atoms with Gasteiger partial charge in [0, 0.05) is 25.4 Å². The molecule has 0 radical (unpaired) electrons. The Balaban J connectivity index is 1.77. The van der Waals surface area contributed by atoms with Gasteiger partial charge in [-0.05, 0) is 29.3 Å². The maximum atomic E-state index is 12.9. The van der Waals surface area contributed by atoms with E-state index in [4.69, 9.17) is 14.2 Å². The molecule has 1 spiro atoms. The highest BCUT2D eigenvalue weighted by molar-refractivity contribution is 5.95. The van der Waals surface area contributed by atoms with Crippen LogP contribution in [0.3, 0.4) is 0 Å². The topological polar surface area (TPSA) is 88.5 Å². The number of fused-ring (bicyclic) bond motifs is 3. The van der Waals surface area contributed by atoms with E-state index in [-0.39, 0.29) is 12.6 Å². The number of aliphatic hydroxyl groups is 2. The number of carbonyl (C=O) groups is 1. The predicted octanol–water partition coefficient (Wildman–Crippen LogP) is 0.464. The third kappa shape index (κ3) is 1.78. The summed E-state index contributed by atoms with van der Waals surface area (Å²) in [7, 11) is 1.50. The first-order chi connectivity index (χ1) is 12.1. The van der Waals surface area contributed by atoms with Crippen molar-refractivity contribution in [2.45, 2.75) is 30.1 Å². The average Bonchev–Trinajstić information content (AvgIpc) is 3.24. The van der Waals surface area contributed by atoms with Gasteiger partial charge in [0.05, 0.1) is 13.2 Å². The summed E-state index contributed by atoms with van der Waals surface area (Å²) in [6.45, 7) is 0.988. The van der Waals surface area contributed by atoms with Crippen LogP contribution >= 0.6 is 0 Å². The van der Waals surface area contributed by atoms with Gasteiger partial charge in [0.2, 0.25) is 6.79 Å². The number of Topliss-reactive ketones (excluding diaryl/α,β-unsaturated/α-hetero) is 1. The van der Waals surface area contributed by atoms with Crippen LogP contribution in [0.4, 0.5) is 0 Å². The number of ketones is 1. The maximum Gasteiger partial charge on any atom is 0.231 e. The second-order valence-corrected chi connectivity index (χ2v) is 6.97. The average molecular weight is 345 g/mol. The summed E-state index contributed by atoms with van der Waals surface area (Å²) in [5, 5.41) is 21.7. The Morgan fingerprint density at radius 1 is 1.24 bits per heavy atom. The molecule has 0 aromatic heterocycles. The molecule has 1 aromatic rings. The lowest BCUT2D eigenvalue weighted by Crippen LogP contribution is -2.51. The van der Waals surface area contributed by atoms with Crippen molar-refractivity contribution in [2.24, 2.45) is 0 Å². The van der Waals surface area contributed by atoms with E-state index >= 15 is 0 Å². The number of rotatable bonds is 1. The van der Waals surface area contributed by atoms with Gasteiger partial charge in [-0.2, -0.15) is 0 Å². The van der Waals surface area contributed by atoms with E-state index in [9.17, 15) is 15.0 Å². The summed E-state index contributed by atoms with van der Waals surface area (Å²) in [4.78, 5) is 14.9. The van der Waals surface area contributed by atoms with Gasteiger partial charge in [0.1, 0.15) is 17.4 Å². The van der Waals surface area contributed by atoms with Gasteiger partial charge in [-0.15, -0.1) is 0 Å². The fraction of sp³-hybridized carbons (Fsp3) is 0.500. The number of hydrogen-bond donors (Lipinski definition) is 2. The number of nitrogens with zero attached hydrogens (tertiary/aromatic N) is 1. The number of aliphatic hydroxyl groups excluding tert-OH is 2. The van der Waals surface area contributed by atoms with Crippen LogP contribution in [0.1, 0.15) is 29.6 Å². The standard InChI is InChI=1S/C18H19NO6/c1-23-14-6-18-15(21)2-3-19(18)7-11(20)9-4-12-13(25-8-24-12)5-10(9)16(18)17(14)22/h4-6,11,16-17,20,22H,2-3,7-8H2,1H3/t11?,16-,17-,18-/m1/s1. The lowest BCUT2D eigenvalue weighted by Gasteiger charge is -2.36. The first kappa shape index (κ1) is 15.2. The van der Waals surface area contributed by atoms with Crippen molar-refractivity contribution < 1.29 is 29.2 Å². The number of β-amino-alcohol motifs (C(OH)–C–C–N with tert-alkyl or cyclic N) is 1. The normalized spacial score (nSPS) is 35.7. The molecule has 3 heterocycles. The molecule has 132 valence electrons. The van der Waals surface area contributed by atoms with Crippen molar-refractivity contribution >= 4 is 5.78 Å². The van der Waals surface area contributed by atoms with Crippen LogP contribution in [-0.2, 0) is 9.53 Å². The molecule has 0 saturated carbocycles. The van der Waals surface area contributed by atoms with Gasteiger partial charge in [-0.25, -0.2) is 0 Å². The molecular formula is C18H19NO6. The summed E-state index contributed by atoms with van der Waals surface area (Å²) in [6, 6.07) is 3.55. The minimum atomic E-state index is -0.981. The molecule has 3 aliphatic heterocycles. The smallest absolute Gasteiger partial charge is 0.231 e. The molecule has 1 fully saturated rings. The summed E-state index contributed by atoms with van der Waals surface area (Å²) in [6.07, 6.45) is 0.399. The van der Waals surface area contributed by atoms with Crippen LogP contribution in [0.2, 0.25) is 0 Å². The fourth-order valence-corrected chi connectivity index (χ4v) is 4.80. The summed E-state index contributed by atoms with van der Waals surface area (Å²) >= 11 is 0. The SMILES string of the molecule is COC1=C[C@]23C(=O)CCN2CC(O)c2cc4c(cc2[C@@H]3[C@@H]1O)OCO4. The third-order valence-electron chi connectivity index (χ3n) is 5.92. The van der Waals surface area contributed by atoms with Crippen LogP contribution in [-0.4, -0.2) is 59.5 Å². The Morgan fingerprint density at radius 3 is 2.68 bits per heavy atom. The molecule has 0 bridgehead atoms. The van der Waals surface area contributed by atoms with Gasteiger partial charge in [-0.1, -0.05) is 0 Å². The molecule has 7 heteroatoms. The Labute approximate surface area is 144 Å². The van der Waals surface area contributed by atoms with E-state index in [1.165, 1.54) is 7.11 Å². The number of hydrogen-bond acceptors (Lipinski definition) is 7. The molecular weight excluding hydrogens is 326 g/mol. The van der Waals surface area contributed by atoms with Crippen LogP contribution in [0.5, 0.6) is 11.5 Å². The van der Waals surface area contributed by atoms with E-state index in [2.05, 4.69) is 0 Å². The number of carbonyl (C=O) groups excluding carboxylic acids is 1. The molecule has 4 atom stereocenters. The third-order valence-corrected chi connectivity index (χ3v) is 5.92. The highest BCUT2D eigenvalue weighted by atomic mass is 16.7. The monoisotopic (exact) mass is 345 g/mol. The summed E-state index contributed by atoms with van der Waals surface area (Å²) in [5.74, 6) is 1.04. The summed E-state index contributed by atoms with van der Waals surface area (Å²) < 4.78 is 16.3. The van der Waals surface area contributed by atoms with E-state index in [1.54, 1.807) is 18.2 Å². The van der Waals surface area contributed by atoms with Crippen molar-refractivity contribution in [3.8, 4) is 11.5 Å². The second-order valence-electron chi connectivity index (χ2n) is 6.97. The van der Waals surface area contributed by atoms with Crippen LogP contribution < -0.4 is 9.47 Å². The lowest BCUT2D eigenvalue weighted by molar-refractivity contribution is -0.124. The van der Waals surface area contributed by atoms with Crippen molar-refractivity contribution in [1.29, 1.82) is 0 Å². The second kappa shape index (κ2) is 4.97. The Hall–Kier alpha value is -2.09. The van der Waals surface area contributed by atoms with Gasteiger partial charge in [-0.3, -0.25) is 9.69 Å². The summed E-state index contributed by atoms with van der Waals surface area (Å²) in [5.41, 5.74) is 0.399.